The summed E-state index contributed by atoms with van der Waals surface area (Å²) in [6.45, 7) is 5.65. The molecule has 0 aromatic carbocycles. The van der Waals surface area contributed by atoms with Crippen molar-refractivity contribution in [3.05, 3.63) is 0 Å². The van der Waals surface area contributed by atoms with Crippen molar-refractivity contribution in [1.82, 2.24) is 0 Å². The van der Waals surface area contributed by atoms with E-state index in [9.17, 15) is 0 Å². The molecule has 0 spiro atoms. The van der Waals surface area contributed by atoms with Crippen LogP contribution >= 0.6 is 0 Å². The Labute approximate surface area is 57.5 Å². The zero-order valence-electron chi connectivity index (χ0n) is 4.80. The Hall–Kier alpha value is 0.113. The minimum atomic E-state index is -0.153. The molecule has 42 valence electrons. The van der Waals surface area contributed by atoms with E-state index < -0.39 is 0 Å². The third-order valence-electron chi connectivity index (χ3n) is 0.335. The SMILES string of the molecule is CC(C)(C)C#N.[Ru]. The van der Waals surface area contributed by atoms with E-state index in [1.54, 1.807) is 0 Å². The Bertz CT molecular complexity index is 75.1. The van der Waals surface area contributed by atoms with E-state index in [2.05, 4.69) is 6.07 Å². The fourth-order valence-electron chi connectivity index (χ4n) is 0. The first-order chi connectivity index (χ1) is 2.56. The van der Waals surface area contributed by atoms with Crippen LogP contribution in [0.5, 0.6) is 0 Å². The van der Waals surface area contributed by atoms with E-state index in [4.69, 9.17) is 5.26 Å². The van der Waals surface area contributed by atoms with E-state index in [0.717, 1.165) is 0 Å². The van der Waals surface area contributed by atoms with Crippen molar-refractivity contribution in [2.45, 2.75) is 20.8 Å². The molecule has 0 aliphatic rings. The molecule has 0 N–H and O–H groups in total. The normalized spacial score (nSPS) is 8.86. The van der Waals surface area contributed by atoms with Gasteiger partial charge in [-0.05, 0) is 20.8 Å². The minimum absolute atomic E-state index is 0. The zero-order valence-corrected chi connectivity index (χ0v) is 6.54. The molecule has 1 nitrogen and oxygen atoms in total. The average Bonchev–Trinajstić information content (AvgIpc) is 1.35. The van der Waals surface area contributed by atoms with Crippen molar-refractivity contribution in [3.63, 3.8) is 0 Å². The second kappa shape index (κ2) is 3.16. The van der Waals surface area contributed by atoms with Crippen molar-refractivity contribution in [1.29, 1.82) is 5.26 Å². The summed E-state index contributed by atoms with van der Waals surface area (Å²) in [6.07, 6.45) is 0. The van der Waals surface area contributed by atoms with Crippen molar-refractivity contribution in [2.24, 2.45) is 5.41 Å². The maximum absolute atomic E-state index is 8.15. The molecule has 0 fully saturated rings. The predicted octanol–water partition coefficient (Wildman–Crippen LogP) is 1.55. The molecule has 0 aromatic heterocycles. The van der Waals surface area contributed by atoms with Gasteiger partial charge in [0.2, 0.25) is 0 Å². The van der Waals surface area contributed by atoms with Crippen molar-refractivity contribution in [3.8, 4) is 6.07 Å². The van der Waals surface area contributed by atoms with E-state index >= 15 is 0 Å². The van der Waals surface area contributed by atoms with Crippen LogP contribution in [-0.4, -0.2) is 0 Å². The molecular weight excluding hydrogens is 175 g/mol. The van der Waals surface area contributed by atoms with Crippen LogP contribution in [0.15, 0.2) is 0 Å². The largest absolute Gasteiger partial charge is 0.198 e. The van der Waals surface area contributed by atoms with Gasteiger partial charge < -0.3 is 0 Å². The third kappa shape index (κ3) is 10.7. The maximum atomic E-state index is 8.15. The second-order valence-electron chi connectivity index (χ2n) is 2.36. The van der Waals surface area contributed by atoms with Gasteiger partial charge >= 0.3 is 0 Å². The van der Waals surface area contributed by atoms with Gasteiger partial charge in [-0.15, -0.1) is 0 Å². The second-order valence-corrected chi connectivity index (χ2v) is 2.36. The topological polar surface area (TPSA) is 23.8 Å². The molecule has 0 aliphatic carbocycles. The summed E-state index contributed by atoms with van der Waals surface area (Å²) < 4.78 is 0. The smallest absolute Gasteiger partial charge is 0.0680 e. The van der Waals surface area contributed by atoms with Crippen molar-refractivity contribution in [2.75, 3.05) is 0 Å². The summed E-state index contributed by atoms with van der Waals surface area (Å²) in [5.74, 6) is 0. The molecule has 0 radical (unpaired) electrons. The molecule has 0 saturated heterocycles. The molecule has 0 heterocycles. The Morgan fingerprint density at radius 3 is 1.43 bits per heavy atom. The van der Waals surface area contributed by atoms with Gasteiger partial charge in [-0.25, -0.2) is 0 Å². The number of nitrogens with zero attached hydrogens (tertiary/aromatic N) is 1. The van der Waals surface area contributed by atoms with Gasteiger partial charge in [0.1, 0.15) is 0 Å². The Morgan fingerprint density at radius 1 is 1.29 bits per heavy atom. The Kier molecular flexibility index (Phi) is 4.59. The van der Waals surface area contributed by atoms with E-state index in [0.29, 0.717) is 0 Å². The summed E-state index contributed by atoms with van der Waals surface area (Å²) in [5, 5.41) is 8.15. The summed E-state index contributed by atoms with van der Waals surface area (Å²) in [5.41, 5.74) is -0.153. The van der Waals surface area contributed by atoms with Crippen LogP contribution in [0.2, 0.25) is 0 Å². The summed E-state index contributed by atoms with van der Waals surface area (Å²) in [6, 6.07) is 2.10. The van der Waals surface area contributed by atoms with Gasteiger partial charge in [-0.2, -0.15) is 5.26 Å². The third-order valence-corrected chi connectivity index (χ3v) is 0.335. The summed E-state index contributed by atoms with van der Waals surface area (Å²) in [4.78, 5) is 0. The minimum Gasteiger partial charge on any atom is -0.198 e. The van der Waals surface area contributed by atoms with Gasteiger partial charge in [0.15, 0.2) is 0 Å². The van der Waals surface area contributed by atoms with Crippen LogP contribution in [0.4, 0.5) is 0 Å². The maximum Gasteiger partial charge on any atom is 0.0680 e. The molecule has 0 aromatic rings. The molecular formula is C5H9NRu. The molecule has 0 bridgehead atoms. The Morgan fingerprint density at radius 2 is 1.43 bits per heavy atom. The van der Waals surface area contributed by atoms with Crippen LogP contribution in [0, 0.1) is 16.7 Å². The standard InChI is InChI=1S/C5H9N.Ru/c1-5(2,3)4-6;/h1-3H3;. The number of hydrogen-bond acceptors (Lipinski definition) is 1. The number of hydrogen-bond donors (Lipinski definition) is 0. The first-order valence-corrected chi connectivity index (χ1v) is 1.97. The number of nitriles is 1. The van der Waals surface area contributed by atoms with Gasteiger partial charge in [0, 0.05) is 24.9 Å². The van der Waals surface area contributed by atoms with Gasteiger partial charge in [0.25, 0.3) is 0 Å². The quantitative estimate of drug-likeness (QED) is 0.524. The molecule has 0 aliphatic heterocycles. The van der Waals surface area contributed by atoms with Gasteiger partial charge in [-0.3, -0.25) is 0 Å². The van der Waals surface area contributed by atoms with Crippen LogP contribution in [-0.2, 0) is 19.5 Å². The number of rotatable bonds is 0. The zero-order chi connectivity index (χ0) is 5.21. The van der Waals surface area contributed by atoms with Crippen LogP contribution in [0.25, 0.3) is 0 Å². The fraction of sp³-hybridized carbons (Fsp3) is 0.800. The molecule has 2 heteroatoms. The summed E-state index contributed by atoms with van der Waals surface area (Å²) in [7, 11) is 0. The molecule has 0 unspecified atom stereocenters. The van der Waals surface area contributed by atoms with Crippen LogP contribution in [0.1, 0.15) is 20.8 Å². The molecule has 0 atom stereocenters. The summed E-state index contributed by atoms with van der Waals surface area (Å²) >= 11 is 0. The first kappa shape index (κ1) is 10.2. The first-order valence-electron chi connectivity index (χ1n) is 1.97. The Balaban J connectivity index is 0. The monoisotopic (exact) mass is 185 g/mol. The molecule has 0 saturated carbocycles. The van der Waals surface area contributed by atoms with Gasteiger partial charge in [-0.1, -0.05) is 0 Å². The predicted molar refractivity (Wildman–Crippen MR) is 25.1 cm³/mol. The van der Waals surface area contributed by atoms with E-state index in [-0.39, 0.29) is 24.9 Å². The van der Waals surface area contributed by atoms with Gasteiger partial charge in [0.05, 0.1) is 6.07 Å². The molecule has 0 rings (SSSR count). The van der Waals surface area contributed by atoms with E-state index in [1.807, 2.05) is 20.8 Å². The van der Waals surface area contributed by atoms with Crippen LogP contribution < -0.4 is 0 Å². The fourth-order valence-corrected chi connectivity index (χ4v) is 0. The van der Waals surface area contributed by atoms with Crippen LogP contribution in [0.3, 0.4) is 0 Å². The molecule has 7 heavy (non-hydrogen) atoms. The molecule has 0 amide bonds. The van der Waals surface area contributed by atoms with Crippen molar-refractivity contribution < 1.29 is 19.5 Å². The average molecular weight is 184 g/mol. The van der Waals surface area contributed by atoms with Crippen molar-refractivity contribution >= 4 is 0 Å². The van der Waals surface area contributed by atoms with E-state index in [1.165, 1.54) is 0 Å².